The molecule has 4 heteroatoms. The largest absolute Gasteiger partial charge is 0.300 e. The highest BCUT2D eigenvalue weighted by atomic mass is 35.5. The Labute approximate surface area is 140 Å². The molecule has 0 heterocycles. The third-order valence-electron chi connectivity index (χ3n) is 3.21. The van der Waals surface area contributed by atoms with Gasteiger partial charge in [0.2, 0.25) is 0 Å². The fraction of sp³-hybridized carbons (Fsp3) is 0. The van der Waals surface area contributed by atoms with Gasteiger partial charge in [0.05, 0.1) is 11.4 Å². The van der Waals surface area contributed by atoms with Crippen LogP contribution in [0.4, 0.5) is 11.4 Å². The van der Waals surface area contributed by atoms with Crippen LogP contribution in [0.3, 0.4) is 0 Å². The predicted molar refractivity (Wildman–Crippen MR) is 97.3 cm³/mol. The molecule has 3 nitrogen and oxygen atoms in total. The number of hydrogen-bond acceptors (Lipinski definition) is 2. The molecule has 0 saturated carbocycles. The summed E-state index contributed by atoms with van der Waals surface area (Å²) in [6.45, 7) is 0. The zero-order valence-electron chi connectivity index (χ0n) is 12.4. The third kappa shape index (κ3) is 4.34. The van der Waals surface area contributed by atoms with Gasteiger partial charge >= 0.3 is 0 Å². The predicted octanol–water partition coefficient (Wildman–Crippen LogP) is 5.04. The summed E-state index contributed by atoms with van der Waals surface area (Å²) < 4.78 is 0. The van der Waals surface area contributed by atoms with E-state index in [-0.39, 0.29) is 0 Å². The molecule has 0 radical (unpaired) electrons. The minimum atomic E-state index is 0.698. The van der Waals surface area contributed by atoms with Crippen molar-refractivity contribution in [2.45, 2.75) is 0 Å². The molecular formula is C19H16ClN3. The van der Waals surface area contributed by atoms with E-state index >= 15 is 0 Å². The van der Waals surface area contributed by atoms with Crippen LogP contribution in [0.15, 0.2) is 89.9 Å². The summed E-state index contributed by atoms with van der Waals surface area (Å²) in [5.74, 6) is 0.719. The Bertz CT molecular complexity index is 769. The fourth-order valence-electron chi connectivity index (χ4n) is 2.06. The average Bonchev–Trinajstić information content (AvgIpc) is 2.61. The van der Waals surface area contributed by atoms with Gasteiger partial charge in [0, 0.05) is 10.6 Å². The van der Waals surface area contributed by atoms with Crippen molar-refractivity contribution in [2.24, 2.45) is 4.99 Å². The number of para-hydroxylation sites is 2. The Kier molecular flexibility index (Phi) is 4.92. The first-order valence-electron chi connectivity index (χ1n) is 7.28. The molecule has 2 N–H and O–H groups in total. The topological polar surface area (TPSA) is 36.4 Å². The fourth-order valence-corrected chi connectivity index (χ4v) is 2.18. The van der Waals surface area contributed by atoms with Crippen LogP contribution >= 0.6 is 11.6 Å². The third-order valence-corrected chi connectivity index (χ3v) is 3.47. The summed E-state index contributed by atoms with van der Waals surface area (Å²) in [5.41, 5.74) is 9.12. The molecule has 0 fully saturated rings. The maximum absolute atomic E-state index is 5.97. The number of halogens is 1. The number of amidine groups is 1. The Morgan fingerprint density at radius 1 is 0.739 bits per heavy atom. The quantitative estimate of drug-likeness (QED) is 0.401. The minimum Gasteiger partial charge on any atom is -0.300 e. The number of hydrogen-bond donors (Lipinski definition) is 2. The Balaban J connectivity index is 1.87. The van der Waals surface area contributed by atoms with E-state index in [1.807, 2.05) is 84.9 Å². The molecule has 0 aliphatic carbocycles. The van der Waals surface area contributed by atoms with Crippen LogP contribution in [0.1, 0.15) is 5.56 Å². The van der Waals surface area contributed by atoms with Crippen LogP contribution in [0.25, 0.3) is 0 Å². The molecule has 3 aromatic rings. The molecule has 0 amide bonds. The van der Waals surface area contributed by atoms with Crippen molar-refractivity contribution in [1.29, 1.82) is 0 Å². The van der Waals surface area contributed by atoms with E-state index < -0.39 is 0 Å². The van der Waals surface area contributed by atoms with Crippen molar-refractivity contribution in [2.75, 3.05) is 5.43 Å². The molecule has 0 bridgehead atoms. The number of nitrogens with one attached hydrogen (secondary N) is 2. The molecule has 3 aromatic carbocycles. The van der Waals surface area contributed by atoms with Crippen LogP contribution in [0.5, 0.6) is 0 Å². The zero-order valence-corrected chi connectivity index (χ0v) is 13.2. The number of anilines is 1. The Hall–Kier alpha value is -2.78. The van der Waals surface area contributed by atoms with Gasteiger partial charge < -0.3 is 0 Å². The molecule has 0 aliphatic heterocycles. The van der Waals surface area contributed by atoms with Crippen LogP contribution in [0, 0.1) is 0 Å². The van der Waals surface area contributed by atoms with Crippen molar-refractivity contribution in [3.63, 3.8) is 0 Å². The molecule has 0 aliphatic rings. The summed E-state index contributed by atoms with van der Waals surface area (Å²) >= 11 is 5.97. The highest BCUT2D eigenvalue weighted by Gasteiger charge is 2.04. The summed E-state index contributed by atoms with van der Waals surface area (Å²) in [4.78, 5) is 4.67. The van der Waals surface area contributed by atoms with Gasteiger partial charge in [0.15, 0.2) is 5.84 Å². The lowest BCUT2D eigenvalue weighted by molar-refractivity contribution is 1.11. The Morgan fingerprint density at radius 3 is 2.00 bits per heavy atom. The molecule has 0 unspecified atom stereocenters. The maximum atomic E-state index is 5.97. The molecule has 3 rings (SSSR count). The molecule has 114 valence electrons. The number of rotatable bonds is 4. The lowest BCUT2D eigenvalue weighted by atomic mass is 10.2. The van der Waals surface area contributed by atoms with Gasteiger partial charge in [0.1, 0.15) is 0 Å². The first-order chi connectivity index (χ1) is 11.3. The van der Waals surface area contributed by atoms with E-state index in [9.17, 15) is 0 Å². The number of benzene rings is 3. The molecule has 0 aromatic heterocycles. The highest BCUT2D eigenvalue weighted by Crippen LogP contribution is 2.15. The van der Waals surface area contributed by atoms with Gasteiger partial charge in [-0.2, -0.15) is 0 Å². The van der Waals surface area contributed by atoms with Crippen molar-refractivity contribution >= 4 is 28.8 Å². The minimum absolute atomic E-state index is 0.698. The molecule has 0 saturated heterocycles. The van der Waals surface area contributed by atoms with E-state index in [4.69, 9.17) is 11.6 Å². The van der Waals surface area contributed by atoms with Crippen molar-refractivity contribution in [1.82, 2.24) is 5.43 Å². The molecule has 0 atom stereocenters. The molecule has 23 heavy (non-hydrogen) atoms. The van der Waals surface area contributed by atoms with Gasteiger partial charge in [-0.3, -0.25) is 10.9 Å². The number of nitrogens with zero attached hydrogens (tertiary/aromatic N) is 1. The summed E-state index contributed by atoms with van der Waals surface area (Å²) in [6, 6.07) is 27.3. The maximum Gasteiger partial charge on any atom is 0.152 e. The van der Waals surface area contributed by atoms with E-state index in [0.29, 0.717) is 5.02 Å². The van der Waals surface area contributed by atoms with E-state index in [0.717, 1.165) is 22.8 Å². The monoisotopic (exact) mass is 321 g/mol. The SMILES string of the molecule is Clc1ccc(C(=Nc2ccccc2)NNc2ccccc2)cc1. The summed E-state index contributed by atoms with van der Waals surface area (Å²) in [7, 11) is 0. The van der Waals surface area contributed by atoms with Gasteiger partial charge in [-0.15, -0.1) is 0 Å². The van der Waals surface area contributed by atoms with Crippen molar-refractivity contribution < 1.29 is 0 Å². The van der Waals surface area contributed by atoms with Crippen LogP contribution in [0.2, 0.25) is 5.02 Å². The lowest BCUT2D eigenvalue weighted by Gasteiger charge is -2.13. The first kappa shape index (κ1) is 15.1. The molecular weight excluding hydrogens is 306 g/mol. The molecule has 0 spiro atoms. The van der Waals surface area contributed by atoms with Gasteiger partial charge in [-0.05, 0) is 48.5 Å². The van der Waals surface area contributed by atoms with Crippen LogP contribution in [-0.2, 0) is 0 Å². The highest BCUT2D eigenvalue weighted by molar-refractivity contribution is 6.30. The number of aliphatic imine (C=N–C) groups is 1. The van der Waals surface area contributed by atoms with Crippen molar-refractivity contribution in [3.05, 3.63) is 95.5 Å². The number of hydrazine groups is 1. The van der Waals surface area contributed by atoms with Crippen LogP contribution in [-0.4, -0.2) is 5.84 Å². The lowest BCUT2D eigenvalue weighted by Crippen LogP contribution is -2.30. The van der Waals surface area contributed by atoms with Gasteiger partial charge in [-0.25, -0.2) is 4.99 Å². The standard InChI is InChI=1S/C19H16ClN3/c20-16-13-11-15(12-14-16)19(21-17-7-3-1-4-8-17)23-22-18-9-5-2-6-10-18/h1-14,22H,(H,21,23). The van der Waals surface area contributed by atoms with Crippen molar-refractivity contribution in [3.8, 4) is 0 Å². The second-order valence-corrected chi connectivity index (χ2v) is 5.36. The summed E-state index contributed by atoms with van der Waals surface area (Å²) in [5, 5.41) is 0.698. The van der Waals surface area contributed by atoms with Crippen LogP contribution < -0.4 is 10.9 Å². The van der Waals surface area contributed by atoms with Gasteiger partial charge in [0.25, 0.3) is 0 Å². The first-order valence-corrected chi connectivity index (χ1v) is 7.66. The average molecular weight is 322 g/mol. The second-order valence-electron chi connectivity index (χ2n) is 4.92. The normalized spacial score (nSPS) is 11.1. The smallest absolute Gasteiger partial charge is 0.152 e. The Morgan fingerprint density at radius 2 is 1.35 bits per heavy atom. The van der Waals surface area contributed by atoms with Gasteiger partial charge in [-0.1, -0.05) is 48.0 Å². The van der Waals surface area contributed by atoms with E-state index in [2.05, 4.69) is 15.8 Å². The van der Waals surface area contributed by atoms with E-state index in [1.54, 1.807) is 0 Å². The summed E-state index contributed by atoms with van der Waals surface area (Å²) in [6.07, 6.45) is 0. The second kappa shape index (κ2) is 7.47. The zero-order chi connectivity index (χ0) is 15.9. The van der Waals surface area contributed by atoms with E-state index in [1.165, 1.54) is 0 Å².